The normalized spacial score (nSPS) is 17.4. The summed E-state index contributed by atoms with van der Waals surface area (Å²) in [6.07, 6.45) is 3.41. The minimum Gasteiger partial charge on any atom is -0.303 e. The molecule has 0 amide bonds. The fourth-order valence-electron chi connectivity index (χ4n) is 2.05. The predicted octanol–water partition coefficient (Wildman–Crippen LogP) is 2.27. The van der Waals surface area contributed by atoms with Crippen LogP contribution in [0, 0.1) is 0 Å². The molecule has 1 aromatic rings. The summed E-state index contributed by atoms with van der Waals surface area (Å²) in [6.45, 7) is 3.80. The average Bonchev–Trinajstić information content (AvgIpc) is 2.95. The third-order valence-corrected chi connectivity index (χ3v) is 7.10. The van der Waals surface area contributed by atoms with Crippen LogP contribution in [-0.4, -0.2) is 39.5 Å². The van der Waals surface area contributed by atoms with Crippen LogP contribution in [0.5, 0.6) is 0 Å². The van der Waals surface area contributed by atoms with Crippen molar-refractivity contribution in [1.82, 2.24) is 9.62 Å². The molecule has 0 spiro atoms. The van der Waals surface area contributed by atoms with Crippen molar-refractivity contribution < 1.29 is 8.42 Å². The van der Waals surface area contributed by atoms with Gasteiger partial charge in [0, 0.05) is 11.0 Å². The Morgan fingerprint density at radius 2 is 2.11 bits per heavy atom. The van der Waals surface area contributed by atoms with Crippen molar-refractivity contribution in [2.75, 3.05) is 26.2 Å². The first-order chi connectivity index (χ1) is 8.59. The maximum Gasteiger partial charge on any atom is 0.251 e. The number of nitrogens with zero attached hydrogens (tertiary/aromatic N) is 1. The molecule has 0 unspecified atom stereocenters. The number of hydrogen-bond donors (Lipinski definition) is 1. The van der Waals surface area contributed by atoms with Gasteiger partial charge < -0.3 is 4.90 Å². The van der Waals surface area contributed by atoms with Gasteiger partial charge >= 0.3 is 0 Å². The highest BCUT2D eigenvalue weighted by atomic mass is 79.9. The van der Waals surface area contributed by atoms with E-state index in [1.807, 2.05) is 0 Å². The van der Waals surface area contributed by atoms with E-state index in [1.165, 1.54) is 24.2 Å². The average molecular weight is 353 g/mol. The van der Waals surface area contributed by atoms with Crippen molar-refractivity contribution in [3.05, 3.63) is 15.9 Å². The molecule has 1 aromatic heterocycles. The van der Waals surface area contributed by atoms with Crippen LogP contribution in [0.3, 0.4) is 0 Å². The van der Waals surface area contributed by atoms with E-state index < -0.39 is 10.0 Å². The lowest BCUT2D eigenvalue weighted by molar-refractivity contribution is 0.334. The highest BCUT2D eigenvalue weighted by Crippen LogP contribution is 2.27. The summed E-state index contributed by atoms with van der Waals surface area (Å²) < 4.78 is 27.6. The van der Waals surface area contributed by atoms with Gasteiger partial charge in [0.15, 0.2) is 0 Å². The number of sulfonamides is 1. The Balaban J connectivity index is 1.77. The van der Waals surface area contributed by atoms with Crippen molar-refractivity contribution in [3.63, 3.8) is 0 Å². The molecular formula is C11H17BrN2O2S2. The molecule has 1 fully saturated rings. The number of nitrogens with one attached hydrogen (secondary N) is 1. The Bertz CT molecular complexity index is 481. The molecule has 2 rings (SSSR count). The van der Waals surface area contributed by atoms with E-state index in [2.05, 4.69) is 25.6 Å². The molecule has 0 atom stereocenters. The lowest BCUT2D eigenvalue weighted by Crippen LogP contribution is -2.28. The number of thiophene rings is 1. The maximum absolute atomic E-state index is 12.0. The van der Waals surface area contributed by atoms with Crippen molar-refractivity contribution in [2.45, 2.75) is 23.5 Å². The lowest BCUT2D eigenvalue weighted by Gasteiger charge is -2.14. The third-order valence-electron chi connectivity index (χ3n) is 2.97. The summed E-state index contributed by atoms with van der Waals surface area (Å²) in [4.78, 5) is 2.38. The summed E-state index contributed by atoms with van der Waals surface area (Å²) >= 11 is 4.48. The molecule has 1 saturated heterocycles. The fraction of sp³-hybridized carbons (Fsp3) is 0.636. The van der Waals surface area contributed by atoms with Gasteiger partial charge in [-0.2, -0.15) is 0 Å². The highest BCUT2D eigenvalue weighted by molar-refractivity contribution is 9.10. The maximum atomic E-state index is 12.0. The minimum atomic E-state index is -3.34. The van der Waals surface area contributed by atoms with Crippen molar-refractivity contribution in [3.8, 4) is 0 Å². The Hall–Kier alpha value is 0.0500. The van der Waals surface area contributed by atoms with Gasteiger partial charge in [0.05, 0.1) is 0 Å². The molecule has 1 aliphatic rings. The highest BCUT2D eigenvalue weighted by Gasteiger charge is 2.18. The molecule has 4 nitrogen and oxygen atoms in total. The SMILES string of the molecule is O=S(=O)(NCCCN1CCCC1)c1sccc1Br. The van der Waals surface area contributed by atoms with E-state index in [4.69, 9.17) is 0 Å². The molecule has 1 N–H and O–H groups in total. The monoisotopic (exact) mass is 352 g/mol. The van der Waals surface area contributed by atoms with Crippen LogP contribution in [0.4, 0.5) is 0 Å². The summed E-state index contributed by atoms with van der Waals surface area (Å²) in [6, 6.07) is 1.75. The van der Waals surface area contributed by atoms with Crippen molar-refractivity contribution >= 4 is 37.3 Å². The van der Waals surface area contributed by atoms with Crippen LogP contribution in [0.25, 0.3) is 0 Å². The molecule has 0 radical (unpaired) electrons. The van der Waals surface area contributed by atoms with Gasteiger partial charge in [-0.1, -0.05) is 0 Å². The largest absolute Gasteiger partial charge is 0.303 e. The zero-order chi connectivity index (χ0) is 13.0. The molecule has 0 aliphatic carbocycles. The van der Waals surface area contributed by atoms with Gasteiger partial charge in [-0.25, -0.2) is 13.1 Å². The van der Waals surface area contributed by atoms with Crippen LogP contribution in [0.2, 0.25) is 0 Å². The zero-order valence-electron chi connectivity index (χ0n) is 10.1. The summed E-state index contributed by atoms with van der Waals surface area (Å²) in [5.74, 6) is 0. The Kier molecular flexibility index (Phi) is 5.20. The summed E-state index contributed by atoms with van der Waals surface area (Å²) in [5.41, 5.74) is 0. The molecule has 0 aromatic carbocycles. The molecule has 0 bridgehead atoms. The second-order valence-electron chi connectivity index (χ2n) is 4.36. The third kappa shape index (κ3) is 3.77. The molecule has 0 saturated carbocycles. The topological polar surface area (TPSA) is 49.4 Å². The van der Waals surface area contributed by atoms with Crippen LogP contribution in [-0.2, 0) is 10.0 Å². The van der Waals surface area contributed by atoms with E-state index >= 15 is 0 Å². The van der Waals surface area contributed by atoms with Crippen LogP contribution >= 0.6 is 27.3 Å². The van der Waals surface area contributed by atoms with Gasteiger partial charge in [-0.3, -0.25) is 0 Å². The van der Waals surface area contributed by atoms with Gasteiger partial charge in [-0.05, 0) is 66.3 Å². The summed E-state index contributed by atoms with van der Waals surface area (Å²) in [5, 5.41) is 1.77. The molecule has 18 heavy (non-hydrogen) atoms. The number of rotatable bonds is 6. The Labute approximate surface area is 121 Å². The van der Waals surface area contributed by atoms with Gasteiger partial charge in [0.2, 0.25) is 0 Å². The molecule has 102 valence electrons. The molecule has 1 aliphatic heterocycles. The van der Waals surface area contributed by atoms with Crippen molar-refractivity contribution in [2.24, 2.45) is 0 Å². The fourth-order valence-corrected chi connectivity index (χ4v) is 5.51. The minimum absolute atomic E-state index is 0.365. The van der Waals surface area contributed by atoms with Gasteiger partial charge in [0.1, 0.15) is 4.21 Å². The smallest absolute Gasteiger partial charge is 0.251 e. The lowest BCUT2D eigenvalue weighted by atomic mass is 10.4. The quantitative estimate of drug-likeness (QED) is 0.799. The zero-order valence-corrected chi connectivity index (χ0v) is 13.3. The second-order valence-corrected chi connectivity index (χ2v) is 8.09. The molecular weight excluding hydrogens is 336 g/mol. The number of likely N-dealkylation sites (tertiary alicyclic amines) is 1. The Morgan fingerprint density at radius 3 is 2.72 bits per heavy atom. The number of halogens is 1. The van der Waals surface area contributed by atoms with E-state index in [-0.39, 0.29) is 0 Å². The first-order valence-electron chi connectivity index (χ1n) is 6.04. The first-order valence-corrected chi connectivity index (χ1v) is 9.20. The van der Waals surface area contributed by atoms with E-state index in [1.54, 1.807) is 11.4 Å². The molecule has 7 heteroatoms. The van der Waals surface area contributed by atoms with Crippen molar-refractivity contribution in [1.29, 1.82) is 0 Å². The van der Waals surface area contributed by atoms with Crippen LogP contribution in [0.1, 0.15) is 19.3 Å². The van der Waals surface area contributed by atoms with Gasteiger partial charge in [-0.15, -0.1) is 11.3 Å². The molecule has 2 heterocycles. The predicted molar refractivity (Wildman–Crippen MR) is 77.5 cm³/mol. The first kappa shape index (κ1) is 14.5. The van der Waals surface area contributed by atoms with E-state index in [9.17, 15) is 8.42 Å². The number of hydrogen-bond acceptors (Lipinski definition) is 4. The van der Waals surface area contributed by atoms with E-state index in [0.717, 1.165) is 26.1 Å². The van der Waals surface area contributed by atoms with E-state index in [0.29, 0.717) is 15.2 Å². The standard InChI is InChI=1S/C11H17BrN2O2S2/c12-10-4-9-17-11(10)18(15,16)13-5-3-8-14-6-1-2-7-14/h4,9,13H,1-3,5-8H2. The Morgan fingerprint density at radius 1 is 1.39 bits per heavy atom. The second kappa shape index (κ2) is 6.47. The van der Waals surface area contributed by atoms with Gasteiger partial charge in [0.25, 0.3) is 10.0 Å². The summed E-state index contributed by atoms with van der Waals surface area (Å²) in [7, 11) is -3.34. The van der Waals surface area contributed by atoms with Crippen LogP contribution < -0.4 is 4.72 Å². The van der Waals surface area contributed by atoms with Crippen LogP contribution in [0.15, 0.2) is 20.1 Å².